The van der Waals surface area contributed by atoms with Crippen LogP contribution in [0.15, 0.2) is 12.5 Å². The van der Waals surface area contributed by atoms with Gasteiger partial charge in [-0.25, -0.2) is 9.78 Å². The summed E-state index contributed by atoms with van der Waals surface area (Å²) in [4.78, 5) is 29.2. The van der Waals surface area contributed by atoms with Crippen molar-refractivity contribution in [3.8, 4) is 0 Å². The summed E-state index contributed by atoms with van der Waals surface area (Å²) in [6, 6.07) is -0.924. The monoisotopic (exact) mass is 254 g/mol. The smallest absolute Gasteiger partial charge is 0.326 e. The minimum Gasteiger partial charge on any atom is -0.480 e. The molecule has 1 aromatic heterocycles. The van der Waals surface area contributed by atoms with Gasteiger partial charge in [-0.05, 0) is 20.0 Å². The molecule has 100 valence electrons. The molecule has 0 aliphatic rings. The highest BCUT2D eigenvalue weighted by atomic mass is 16.4. The molecule has 1 aromatic rings. The van der Waals surface area contributed by atoms with Gasteiger partial charge in [0, 0.05) is 24.7 Å². The lowest BCUT2D eigenvalue weighted by atomic mass is 10.1. The van der Waals surface area contributed by atoms with Gasteiger partial charge in [0.2, 0.25) is 5.91 Å². The van der Waals surface area contributed by atoms with Crippen LogP contribution in [0.5, 0.6) is 0 Å². The van der Waals surface area contributed by atoms with Gasteiger partial charge >= 0.3 is 5.97 Å². The van der Waals surface area contributed by atoms with E-state index in [9.17, 15) is 9.59 Å². The second kappa shape index (κ2) is 7.44. The molecule has 0 unspecified atom stereocenters. The number of hydrogen-bond acceptors (Lipinski definition) is 4. The number of carbonyl (C=O) groups excluding carboxylic acids is 1. The van der Waals surface area contributed by atoms with Crippen molar-refractivity contribution in [3.63, 3.8) is 0 Å². The Morgan fingerprint density at radius 1 is 1.56 bits per heavy atom. The Morgan fingerprint density at radius 2 is 2.33 bits per heavy atom. The molecular formula is C11H18N4O3. The fourth-order valence-corrected chi connectivity index (χ4v) is 1.51. The molecule has 1 atom stereocenters. The molecule has 0 saturated heterocycles. The quantitative estimate of drug-likeness (QED) is 0.469. The number of imidazole rings is 1. The van der Waals surface area contributed by atoms with E-state index in [1.165, 1.54) is 6.33 Å². The molecule has 7 nitrogen and oxygen atoms in total. The van der Waals surface area contributed by atoms with E-state index in [0.29, 0.717) is 18.5 Å². The fraction of sp³-hybridized carbons (Fsp3) is 0.545. The van der Waals surface area contributed by atoms with Crippen LogP contribution < -0.4 is 10.6 Å². The van der Waals surface area contributed by atoms with Crippen LogP contribution in [-0.2, 0) is 16.0 Å². The minimum atomic E-state index is -1.05. The van der Waals surface area contributed by atoms with Gasteiger partial charge in [0.1, 0.15) is 6.04 Å². The number of aliphatic carboxylic acids is 1. The Labute approximate surface area is 105 Å². The van der Waals surface area contributed by atoms with E-state index >= 15 is 0 Å². The molecular weight excluding hydrogens is 236 g/mol. The lowest BCUT2D eigenvalue weighted by Crippen LogP contribution is -2.42. The highest BCUT2D eigenvalue weighted by Crippen LogP contribution is 2.00. The molecule has 18 heavy (non-hydrogen) atoms. The molecule has 0 fully saturated rings. The predicted octanol–water partition coefficient (Wildman–Crippen LogP) is -0.479. The van der Waals surface area contributed by atoms with Crippen molar-refractivity contribution in [2.45, 2.75) is 25.3 Å². The Morgan fingerprint density at radius 3 is 2.89 bits per heavy atom. The lowest BCUT2D eigenvalue weighted by Gasteiger charge is -2.13. The fourth-order valence-electron chi connectivity index (χ4n) is 1.51. The van der Waals surface area contributed by atoms with E-state index in [4.69, 9.17) is 5.11 Å². The normalized spacial score (nSPS) is 12.1. The lowest BCUT2D eigenvalue weighted by molar-refractivity contribution is -0.141. The maximum absolute atomic E-state index is 11.5. The summed E-state index contributed by atoms with van der Waals surface area (Å²) < 4.78 is 0. The summed E-state index contributed by atoms with van der Waals surface area (Å²) in [5, 5.41) is 14.5. The first-order valence-electron chi connectivity index (χ1n) is 5.77. The second-order valence-corrected chi connectivity index (χ2v) is 3.95. The number of aromatic amines is 1. The van der Waals surface area contributed by atoms with Crippen molar-refractivity contribution in [3.05, 3.63) is 18.2 Å². The van der Waals surface area contributed by atoms with Gasteiger partial charge in [-0.15, -0.1) is 0 Å². The first-order chi connectivity index (χ1) is 8.63. The second-order valence-electron chi connectivity index (χ2n) is 3.95. The molecule has 1 amide bonds. The van der Waals surface area contributed by atoms with Crippen LogP contribution in [0.2, 0.25) is 0 Å². The number of H-pyrrole nitrogens is 1. The maximum Gasteiger partial charge on any atom is 0.326 e. The van der Waals surface area contributed by atoms with E-state index < -0.39 is 12.0 Å². The number of rotatable bonds is 8. The van der Waals surface area contributed by atoms with E-state index in [1.807, 2.05) is 0 Å². The molecule has 0 aliphatic heterocycles. The third-order valence-corrected chi connectivity index (χ3v) is 2.44. The van der Waals surface area contributed by atoms with Crippen LogP contribution in [-0.4, -0.2) is 46.6 Å². The van der Waals surface area contributed by atoms with Crippen molar-refractivity contribution in [2.24, 2.45) is 0 Å². The van der Waals surface area contributed by atoms with Crippen LogP contribution in [0.1, 0.15) is 18.5 Å². The van der Waals surface area contributed by atoms with Crippen LogP contribution in [0.3, 0.4) is 0 Å². The summed E-state index contributed by atoms with van der Waals surface area (Å²) in [6.45, 7) is 0.728. The van der Waals surface area contributed by atoms with Gasteiger partial charge in [0.15, 0.2) is 0 Å². The Bertz CT molecular complexity index is 378. The number of carboxylic acid groups (broad SMARTS) is 1. The summed E-state index contributed by atoms with van der Waals surface area (Å²) in [5.74, 6) is -1.30. The summed E-state index contributed by atoms with van der Waals surface area (Å²) >= 11 is 0. The molecule has 0 saturated carbocycles. The molecule has 1 heterocycles. The first kappa shape index (κ1) is 14.2. The van der Waals surface area contributed by atoms with Gasteiger partial charge in [0.25, 0.3) is 0 Å². The van der Waals surface area contributed by atoms with Gasteiger partial charge in [-0.1, -0.05) is 0 Å². The largest absolute Gasteiger partial charge is 0.480 e. The van der Waals surface area contributed by atoms with Crippen molar-refractivity contribution in [1.82, 2.24) is 20.6 Å². The van der Waals surface area contributed by atoms with Gasteiger partial charge in [-0.2, -0.15) is 0 Å². The highest BCUT2D eigenvalue weighted by Gasteiger charge is 2.20. The summed E-state index contributed by atoms with van der Waals surface area (Å²) in [5.41, 5.74) is 0.679. The molecule has 1 rings (SSSR count). The van der Waals surface area contributed by atoms with Crippen molar-refractivity contribution < 1.29 is 14.7 Å². The molecule has 0 aromatic carbocycles. The summed E-state index contributed by atoms with van der Waals surface area (Å²) in [6.07, 6.45) is 4.21. The van der Waals surface area contributed by atoms with E-state index in [-0.39, 0.29) is 12.3 Å². The van der Waals surface area contributed by atoms with Crippen LogP contribution in [0.4, 0.5) is 0 Å². The SMILES string of the molecule is CNCCCC(=O)N[C@@H](Cc1cnc[nH]1)C(=O)O. The molecule has 0 radical (unpaired) electrons. The molecule has 4 N–H and O–H groups in total. The number of carbonyl (C=O) groups is 2. The zero-order chi connectivity index (χ0) is 13.4. The summed E-state index contributed by atoms with van der Waals surface area (Å²) in [7, 11) is 1.80. The average Bonchev–Trinajstić information content (AvgIpc) is 2.81. The Hall–Kier alpha value is -1.89. The van der Waals surface area contributed by atoms with E-state index in [0.717, 1.165) is 6.54 Å². The number of carboxylic acids is 1. The first-order valence-corrected chi connectivity index (χ1v) is 5.77. The van der Waals surface area contributed by atoms with Crippen LogP contribution in [0.25, 0.3) is 0 Å². The zero-order valence-electron chi connectivity index (χ0n) is 10.3. The maximum atomic E-state index is 11.5. The minimum absolute atomic E-state index is 0.201. The average molecular weight is 254 g/mol. The number of amides is 1. The number of nitrogens with one attached hydrogen (secondary N) is 3. The van der Waals surface area contributed by atoms with E-state index in [1.54, 1.807) is 13.2 Å². The van der Waals surface area contributed by atoms with Gasteiger partial charge in [0.05, 0.1) is 6.33 Å². The Kier molecular flexibility index (Phi) is 5.86. The molecule has 0 spiro atoms. The molecule has 0 bridgehead atoms. The number of nitrogens with zero attached hydrogens (tertiary/aromatic N) is 1. The standard InChI is InChI=1S/C11H18N4O3/c1-12-4-2-3-10(16)15-9(11(17)18)5-8-6-13-7-14-8/h6-7,9,12H,2-5H2,1H3,(H,13,14)(H,15,16)(H,17,18)/t9-/m0/s1. The van der Waals surface area contributed by atoms with Crippen molar-refractivity contribution >= 4 is 11.9 Å². The number of aromatic nitrogens is 2. The highest BCUT2D eigenvalue weighted by molar-refractivity contribution is 5.83. The van der Waals surface area contributed by atoms with Crippen LogP contribution in [0, 0.1) is 0 Å². The predicted molar refractivity (Wildman–Crippen MR) is 65.0 cm³/mol. The molecule has 0 aliphatic carbocycles. The van der Waals surface area contributed by atoms with Crippen molar-refractivity contribution in [2.75, 3.05) is 13.6 Å². The van der Waals surface area contributed by atoms with Crippen molar-refractivity contribution in [1.29, 1.82) is 0 Å². The van der Waals surface area contributed by atoms with Gasteiger partial charge in [-0.3, -0.25) is 4.79 Å². The van der Waals surface area contributed by atoms with Gasteiger partial charge < -0.3 is 20.7 Å². The van der Waals surface area contributed by atoms with Crippen LogP contribution >= 0.6 is 0 Å². The molecule has 7 heteroatoms. The van der Waals surface area contributed by atoms with E-state index in [2.05, 4.69) is 20.6 Å². The third-order valence-electron chi connectivity index (χ3n) is 2.44. The zero-order valence-corrected chi connectivity index (χ0v) is 10.3. The number of hydrogen-bond donors (Lipinski definition) is 4. The topological polar surface area (TPSA) is 107 Å². The Balaban J connectivity index is 2.42. The third kappa shape index (κ3) is 4.96.